The van der Waals surface area contributed by atoms with Crippen LogP contribution in [0.1, 0.15) is 36.0 Å². The number of hydrogen-bond acceptors (Lipinski definition) is 5. The van der Waals surface area contributed by atoms with Gasteiger partial charge in [-0.2, -0.15) is 0 Å². The molecule has 4 rings (SSSR count). The normalized spacial score (nSPS) is 22.6. The molecule has 1 aromatic heterocycles. The fourth-order valence-corrected chi connectivity index (χ4v) is 3.66. The van der Waals surface area contributed by atoms with Gasteiger partial charge in [-0.3, -0.25) is 4.79 Å². The van der Waals surface area contributed by atoms with Gasteiger partial charge >= 0.3 is 0 Å². The lowest BCUT2D eigenvalue weighted by molar-refractivity contribution is -0.139. The molecule has 132 valence electrons. The van der Waals surface area contributed by atoms with Crippen LogP contribution in [0, 0.1) is 0 Å². The fourth-order valence-electron chi connectivity index (χ4n) is 3.66. The van der Waals surface area contributed by atoms with Gasteiger partial charge in [-0.1, -0.05) is 12.1 Å². The van der Waals surface area contributed by atoms with Crippen molar-refractivity contribution in [3.05, 3.63) is 42.4 Å². The summed E-state index contributed by atoms with van der Waals surface area (Å²) in [4.78, 5) is 16.5. The number of nitrogens with one attached hydrogen (secondary N) is 1. The molecule has 1 aromatic carbocycles. The Hall–Kier alpha value is -2.18. The Morgan fingerprint density at radius 2 is 1.96 bits per heavy atom. The third-order valence-electron chi connectivity index (χ3n) is 5.10. The van der Waals surface area contributed by atoms with E-state index < -0.39 is 0 Å². The van der Waals surface area contributed by atoms with E-state index in [9.17, 15) is 4.79 Å². The van der Waals surface area contributed by atoms with Crippen LogP contribution in [-0.2, 0) is 9.47 Å². The van der Waals surface area contributed by atoms with Gasteiger partial charge in [0.25, 0.3) is 5.91 Å². The topological polar surface area (TPSA) is 73.6 Å². The first-order valence-corrected chi connectivity index (χ1v) is 8.76. The molecule has 1 amide bonds. The monoisotopic (exact) mass is 342 g/mol. The van der Waals surface area contributed by atoms with E-state index in [2.05, 4.69) is 10.3 Å². The van der Waals surface area contributed by atoms with Gasteiger partial charge in [0, 0.05) is 37.0 Å². The van der Waals surface area contributed by atoms with Crippen LogP contribution in [0.25, 0.3) is 11.3 Å². The van der Waals surface area contributed by atoms with Gasteiger partial charge < -0.3 is 19.2 Å². The molecule has 2 aliphatic rings. The lowest BCUT2D eigenvalue weighted by Gasteiger charge is -2.43. The summed E-state index contributed by atoms with van der Waals surface area (Å²) in [6.07, 6.45) is 6.58. The van der Waals surface area contributed by atoms with E-state index in [0.29, 0.717) is 17.9 Å². The standard InChI is InChI=1S/C19H22N2O4/c22-18(15-3-1-14(2-4-15)17-12-20-13-24-17)21-16-5-8-25-19(11-16)6-9-23-10-7-19/h1-4,12-13,16H,5-11H2,(H,21,22)/t16-/m1/s1. The van der Waals surface area contributed by atoms with Crippen LogP contribution in [0.2, 0.25) is 0 Å². The number of hydrogen-bond donors (Lipinski definition) is 1. The van der Waals surface area contributed by atoms with Crippen LogP contribution in [0.5, 0.6) is 0 Å². The number of oxazole rings is 1. The minimum Gasteiger partial charge on any atom is -0.444 e. The van der Waals surface area contributed by atoms with Gasteiger partial charge in [0.05, 0.1) is 11.8 Å². The van der Waals surface area contributed by atoms with Crippen molar-refractivity contribution in [2.75, 3.05) is 19.8 Å². The number of ether oxygens (including phenoxy) is 2. The first kappa shape index (κ1) is 16.3. The van der Waals surface area contributed by atoms with E-state index in [4.69, 9.17) is 13.9 Å². The minimum absolute atomic E-state index is 0.0433. The Labute approximate surface area is 146 Å². The maximum absolute atomic E-state index is 12.6. The highest BCUT2D eigenvalue weighted by molar-refractivity contribution is 5.94. The van der Waals surface area contributed by atoms with Crippen LogP contribution in [0.4, 0.5) is 0 Å². The van der Waals surface area contributed by atoms with Crippen molar-refractivity contribution in [1.29, 1.82) is 0 Å². The number of benzene rings is 1. The molecule has 0 radical (unpaired) electrons. The van der Waals surface area contributed by atoms with Crippen LogP contribution >= 0.6 is 0 Å². The molecular weight excluding hydrogens is 320 g/mol. The van der Waals surface area contributed by atoms with Crippen molar-refractivity contribution in [1.82, 2.24) is 10.3 Å². The predicted octanol–water partition coefficient (Wildman–Crippen LogP) is 2.80. The Bertz CT molecular complexity index is 700. The number of aromatic nitrogens is 1. The van der Waals surface area contributed by atoms with Crippen molar-refractivity contribution in [2.45, 2.75) is 37.3 Å². The average Bonchev–Trinajstić information content (AvgIpc) is 3.17. The average molecular weight is 342 g/mol. The molecule has 1 spiro atoms. The van der Waals surface area contributed by atoms with E-state index in [0.717, 1.165) is 44.5 Å². The third-order valence-corrected chi connectivity index (χ3v) is 5.10. The molecule has 0 saturated carbocycles. The van der Waals surface area contributed by atoms with Gasteiger partial charge in [0.15, 0.2) is 12.2 Å². The van der Waals surface area contributed by atoms with Crippen molar-refractivity contribution in [2.24, 2.45) is 0 Å². The second-order valence-electron chi connectivity index (χ2n) is 6.75. The molecule has 2 aliphatic heterocycles. The zero-order chi connectivity index (χ0) is 17.1. The zero-order valence-electron chi connectivity index (χ0n) is 14.1. The summed E-state index contributed by atoms with van der Waals surface area (Å²) >= 11 is 0. The second kappa shape index (κ2) is 6.98. The third kappa shape index (κ3) is 3.60. The summed E-state index contributed by atoms with van der Waals surface area (Å²) in [5, 5.41) is 3.17. The van der Waals surface area contributed by atoms with E-state index in [-0.39, 0.29) is 17.6 Å². The Morgan fingerprint density at radius 3 is 2.68 bits per heavy atom. The highest BCUT2D eigenvalue weighted by Gasteiger charge is 2.39. The first-order valence-electron chi connectivity index (χ1n) is 8.76. The highest BCUT2D eigenvalue weighted by atomic mass is 16.5. The van der Waals surface area contributed by atoms with E-state index in [1.54, 1.807) is 6.20 Å². The molecule has 0 bridgehead atoms. The molecule has 3 heterocycles. The molecule has 0 unspecified atom stereocenters. The van der Waals surface area contributed by atoms with Gasteiger partial charge in [0.1, 0.15) is 0 Å². The molecule has 2 saturated heterocycles. The van der Waals surface area contributed by atoms with Crippen molar-refractivity contribution < 1.29 is 18.7 Å². The smallest absolute Gasteiger partial charge is 0.251 e. The number of nitrogens with zero attached hydrogens (tertiary/aromatic N) is 1. The van der Waals surface area contributed by atoms with Crippen molar-refractivity contribution in [3.8, 4) is 11.3 Å². The predicted molar refractivity (Wildman–Crippen MR) is 91.2 cm³/mol. The van der Waals surface area contributed by atoms with Gasteiger partial charge in [-0.25, -0.2) is 4.98 Å². The minimum atomic E-state index is -0.120. The first-order chi connectivity index (χ1) is 12.2. The molecule has 1 atom stereocenters. The van der Waals surface area contributed by atoms with E-state index in [1.807, 2.05) is 24.3 Å². The summed E-state index contributed by atoms with van der Waals surface area (Å²) in [6.45, 7) is 2.17. The molecule has 2 fully saturated rings. The van der Waals surface area contributed by atoms with E-state index >= 15 is 0 Å². The number of carbonyl (C=O) groups is 1. The highest BCUT2D eigenvalue weighted by Crippen LogP contribution is 2.34. The molecule has 2 aromatic rings. The molecule has 25 heavy (non-hydrogen) atoms. The van der Waals surface area contributed by atoms with Crippen molar-refractivity contribution >= 4 is 5.91 Å². The largest absolute Gasteiger partial charge is 0.444 e. The molecule has 0 aliphatic carbocycles. The summed E-state index contributed by atoms with van der Waals surface area (Å²) in [6, 6.07) is 7.53. The summed E-state index contributed by atoms with van der Waals surface area (Å²) in [5.41, 5.74) is 1.43. The SMILES string of the molecule is O=C(N[C@@H]1CCOC2(CCOCC2)C1)c1ccc(-c2cnco2)cc1. The molecular formula is C19H22N2O4. The lowest BCUT2D eigenvalue weighted by Crippen LogP contribution is -2.51. The fraction of sp³-hybridized carbons (Fsp3) is 0.474. The van der Waals surface area contributed by atoms with Crippen molar-refractivity contribution in [3.63, 3.8) is 0 Å². The maximum atomic E-state index is 12.6. The van der Waals surface area contributed by atoms with Crippen LogP contribution in [-0.4, -0.2) is 42.4 Å². The molecule has 6 nitrogen and oxygen atoms in total. The van der Waals surface area contributed by atoms with Gasteiger partial charge in [-0.05, 0) is 37.8 Å². The molecule has 6 heteroatoms. The summed E-state index contributed by atoms with van der Waals surface area (Å²) in [7, 11) is 0. The number of amides is 1. The lowest BCUT2D eigenvalue weighted by atomic mass is 9.84. The summed E-state index contributed by atoms with van der Waals surface area (Å²) < 4.78 is 16.7. The maximum Gasteiger partial charge on any atom is 0.251 e. The molecule has 1 N–H and O–H groups in total. The number of rotatable bonds is 3. The number of carbonyl (C=O) groups excluding carboxylic acids is 1. The van der Waals surface area contributed by atoms with Gasteiger partial charge in [0.2, 0.25) is 0 Å². The summed E-state index contributed by atoms with van der Waals surface area (Å²) in [5.74, 6) is 0.649. The Balaban J connectivity index is 1.39. The Kier molecular flexibility index (Phi) is 4.55. The quantitative estimate of drug-likeness (QED) is 0.928. The van der Waals surface area contributed by atoms with Crippen LogP contribution < -0.4 is 5.32 Å². The zero-order valence-corrected chi connectivity index (χ0v) is 14.1. The van der Waals surface area contributed by atoms with Gasteiger partial charge in [-0.15, -0.1) is 0 Å². The van der Waals surface area contributed by atoms with Crippen LogP contribution in [0.3, 0.4) is 0 Å². The van der Waals surface area contributed by atoms with E-state index in [1.165, 1.54) is 6.39 Å². The second-order valence-corrected chi connectivity index (χ2v) is 6.75. The van der Waals surface area contributed by atoms with Crippen LogP contribution in [0.15, 0.2) is 41.3 Å². The Morgan fingerprint density at radius 1 is 1.16 bits per heavy atom.